The number of hydrogen-bond donors (Lipinski definition) is 0. The number of rotatable bonds is 5. The molecule has 0 aromatic heterocycles. The minimum atomic E-state index is 0.752. The zero-order chi connectivity index (χ0) is 17.9. The molecule has 0 unspecified atom stereocenters. The number of allylic oxidation sites excluding steroid dienone is 4. The lowest BCUT2D eigenvalue weighted by molar-refractivity contribution is 0.226. The maximum Gasteiger partial charge on any atom is 0.0196 e. The van der Waals surface area contributed by atoms with E-state index in [4.69, 9.17) is 0 Å². The Morgan fingerprint density at radius 1 is 1.00 bits per heavy atom. The summed E-state index contributed by atoms with van der Waals surface area (Å²) in [6.45, 7) is 10.2. The topological polar surface area (TPSA) is 3.24 Å². The maximum atomic E-state index is 4.20. The summed E-state index contributed by atoms with van der Waals surface area (Å²) in [5, 5.41) is 0. The first-order valence-corrected chi connectivity index (χ1v) is 10.6. The van der Waals surface area contributed by atoms with Crippen LogP contribution in [-0.2, 0) is 6.42 Å². The fourth-order valence-corrected chi connectivity index (χ4v) is 4.94. The number of hydrogen-bond acceptors (Lipinski definition) is 1. The van der Waals surface area contributed by atoms with Gasteiger partial charge in [0.05, 0.1) is 0 Å². The molecule has 1 heterocycles. The van der Waals surface area contributed by atoms with Gasteiger partial charge in [0.15, 0.2) is 0 Å². The average molecular weight is 348 g/mol. The molecule has 26 heavy (non-hydrogen) atoms. The Bertz CT molecular complexity index is 729. The van der Waals surface area contributed by atoms with Crippen molar-refractivity contribution in [3.05, 3.63) is 64.8 Å². The van der Waals surface area contributed by atoms with E-state index in [1.807, 2.05) is 0 Å². The van der Waals surface area contributed by atoms with Crippen molar-refractivity contribution < 1.29 is 0 Å². The first kappa shape index (κ1) is 17.8. The van der Waals surface area contributed by atoms with Gasteiger partial charge in [-0.25, -0.2) is 0 Å². The molecule has 0 N–H and O–H groups in total. The van der Waals surface area contributed by atoms with Crippen LogP contribution in [0.25, 0.3) is 5.57 Å². The number of likely N-dealkylation sites (tertiary alicyclic amines) is 1. The molecule has 4 rings (SSSR count). The Balaban J connectivity index is 1.31. The van der Waals surface area contributed by atoms with Crippen molar-refractivity contribution >= 4 is 5.57 Å². The zero-order valence-corrected chi connectivity index (χ0v) is 16.4. The van der Waals surface area contributed by atoms with Crippen LogP contribution in [0.2, 0.25) is 0 Å². The van der Waals surface area contributed by atoms with Gasteiger partial charge < -0.3 is 0 Å². The number of fused-ring (bicyclic) bond motifs is 1. The Morgan fingerprint density at radius 3 is 2.50 bits per heavy atom. The van der Waals surface area contributed by atoms with Crippen LogP contribution in [0.15, 0.2) is 48.1 Å². The first-order valence-electron chi connectivity index (χ1n) is 10.6. The lowest BCUT2D eigenvalue weighted by Gasteiger charge is -2.33. The van der Waals surface area contributed by atoms with Crippen molar-refractivity contribution in [2.45, 2.75) is 64.2 Å². The Hall–Kier alpha value is -1.60. The molecule has 1 aliphatic heterocycles. The van der Waals surface area contributed by atoms with E-state index in [0.29, 0.717) is 0 Å². The second-order valence-corrected chi connectivity index (χ2v) is 8.47. The molecule has 138 valence electrons. The summed E-state index contributed by atoms with van der Waals surface area (Å²) in [7, 11) is 0. The molecule has 1 aromatic rings. The average Bonchev–Trinajstić information content (AvgIpc) is 3.05. The van der Waals surface area contributed by atoms with Crippen LogP contribution in [-0.4, -0.2) is 24.5 Å². The number of benzene rings is 1. The lowest BCUT2D eigenvalue weighted by atomic mass is 9.87. The minimum Gasteiger partial charge on any atom is -0.299 e. The van der Waals surface area contributed by atoms with E-state index in [0.717, 1.165) is 12.3 Å². The van der Waals surface area contributed by atoms with Gasteiger partial charge in [0, 0.05) is 6.54 Å². The van der Waals surface area contributed by atoms with Crippen molar-refractivity contribution in [1.29, 1.82) is 0 Å². The normalized spacial score (nSPS) is 21.5. The van der Waals surface area contributed by atoms with E-state index in [2.05, 4.69) is 48.8 Å². The van der Waals surface area contributed by atoms with Crippen molar-refractivity contribution in [2.24, 2.45) is 0 Å². The molecule has 0 bridgehead atoms. The summed E-state index contributed by atoms with van der Waals surface area (Å²) in [4.78, 5) is 2.68. The van der Waals surface area contributed by atoms with Crippen LogP contribution in [0, 0.1) is 0 Å². The molecule has 1 saturated heterocycles. The van der Waals surface area contributed by atoms with Gasteiger partial charge in [-0.15, -0.1) is 0 Å². The molecule has 0 amide bonds. The van der Waals surface area contributed by atoms with Gasteiger partial charge in [-0.1, -0.05) is 61.4 Å². The van der Waals surface area contributed by atoms with E-state index in [9.17, 15) is 0 Å². The highest BCUT2D eigenvalue weighted by Gasteiger charge is 2.23. The largest absolute Gasteiger partial charge is 0.299 e. The highest BCUT2D eigenvalue weighted by molar-refractivity contribution is 5.71. The van der Waals surface area contributed by atoms with E-state index < -0.39 is 0 Å². The molecule has 1 nitrogen and oxygen atoms in total. The maximum absolute atomic E-state index is 4.20. The molecule has 0 radical (unpaired) electrons. The van der Waals surface area contributed by atoms with Crippen LogP contribution in [0.3, 0.4) is 0 Å². The van der Waals surface area contributed by atoms with Gasteiger partial charge >= 0.3 is 0 Å². The predicted octanol–water partition coefficient (Wildman–Crippen LogP) is 6.27. The second kappa shape index (κ2) is 7.96. The third-order valence-electron chi connectivity index (χ3n) is 6.59. The molecule has 1 heteroatoms. The molecule has 0 atom stereocenters. The van der Waals surface area contributed by atoms with Crippen LogP contribution >= 0.6 is 0 Å². The Morgan fingerprint density at radius 2 is 1.77 bits per heavy atom. The predicted molar refractivity (Wildman–Crippen MR) is 113 cm³/mol. The quantitative estimate of drug-likeness (QED) is 0.606. The van der Waals surface area contributed by atoms with Gasteiger partial charge in [0.2, 0.25) is 0 Å². The molecule has 1 fully saturated rings. The number of nitrogens with zero attached hydrogens (tertiary/aromatic N) is 1. The fourth-order valence-electron chi connectivity index (χ4n) is 4.94. The van der Waals surface area contributed by atoms with E-state index in [-0.39, 0.29) is 0 Å². The van der Waals surface area contributed by atoms with Gasteiger partial charge in [-0.05, 0) is 86.2 Å². The van der Waals surface area contributed by atoms with Crippen molar-refractivity contribution in [3.8, 4) is 0 Å². The molecule has 2 aliphatic carbocycles. The van der Waals surface area contributed by atoms with Crippen molar-refractivity contribution in [3.63, 3.8) is 0 Å². The van der Waals surface area contributed by atoms with Gasteiger partial charge in [-0.2, -0.15) is 0 Å². The third kappa shape index (κ3) is 3.88. The standard InChI is InChI=1S/C25H33N/c1-3-4-20-6-8-21(9-7-20)18-26-15-13-22(14-16-26)23-11-12-25-19(2)5-10-24(25)17-23/h6,8,11-12,17,22H,2-5,7,9-10,13-16,18H2,1H3. The minimum absolute atomic E-state index is 0.752. The highest BCUT2D eigenvalue weighted by Crippen LogP contribution is 2.35. The fraction of sp³-hybridized carbons (Fsp3) is 0.520. The van der Waals surface area contributed by atoms with Gasteiger partial charge in [0.1, 0.15) is 0 Å². The monoisotopic (exact) mass is 347 g/mol. The van der Waals surface area contributed by atoms with Crippen molar-refractivity contribution in [2.75, 3.05) is 19.6 Å². The van der Waals surface area contributed by atoms with Crippen LogP contribution in [0.4, 0.5) is 0 Å². The van der Waals surface area contributed by atoms with E-state index >= 15 is 0 Å². The Labute approximate surface area is 159 Å². The first-order chi connectivity index (χ1) is 12.7. The molecule has 0 spiro atoms. The smallest absolute Gasteiger partial charge is 0.0196 e. The van der Waals surface area contributed by atoms with E-state index in [1.54, 1.807) is 16.7 Å². The summed E-state index contributed by atoms with van der Waals surface area (Å²) in [5.74, 6) is 0.752. The van der Waals surface area contributed by atoms with Crippen LogP contribution in [0.5, 0.6) is 0 Å². The summed E-state index contributed by atoms with van der Waals surface area (Å²) in [5.41, 5.74) is 9.15. The molecular weight excluding hydrogens is 314 g/mol. The van der Waals surface area contributed by atoms with Crippen LogP contribution in [0.1, 0.15) is 74.5 Å². The number of aryl methyl sites for hydroxylation is 1. The second-order valence-electron chi connectivity index (χ2n) is 8.47. The third-order valence-corrected chi connectivity index (χ3v) is 6.59. The van der Waals surface area contributed by atoms with Crippen LogP contribution < -0.4 is 0 Å². The van der Waals surface area contributed by atoms with Crippen molar-refractivity contribution in [1.82, 2.24) is 4.90 Å². The number of piperidine rings is 1. The summed E-state index contributed by atoms with van der Waals surface area (Å²) >= 11 is 0. The van der Waals surface area contributed by atoms with Gasteiger partial charge in [0.25, 0.3) is 0 Å². The Kier molecular flexibility index (Phi) is 5.45. The van der Waals surface area contributed by atoms with Gasteiger partial charge in [-0.3, -0.25) is 4.90 Å². The SMILES string of the molecule is C=C1CCc2cc(C3CCN(CC4=CC=C(CCC)CC4)CC3)ccc21. The summed E-state index contributed by atoms with van der Waals surface area (Å²) in [6, 6.07) is 7.19. The summed E-state index contributed by atoms with van der Waals surface area (Å²) in [6.07, 6.45) is 14.9. The molecule has 0 saturated carbocycles. The summed E-state index contributed by atoms with van der Waals surface area (Å²) < 4.78 is 0. The highest BCUT2D eigenvalue weighted by atomic mass is 15.1. The molecule has 1 aromatic carbocycles. The zero-order valence-electron chi connectivity index (χ0n) is 16.4. The van der Waals surface area contributed by atoms with E-state index in [1.165, 1.54) is 81.3 Å². The lowest BCUT2D eigenvalue weighted by Crippen LogP contribution is -2.34. The molecular formula is C25H33N. The molecule has 3 aliphatic rings.